The van der Waals surface area contributed by atoms with Crippen molar-refractivity contribution in [2.45, 2.75) is 0 Å². The maximum absolute atomic E-state index is 5.28. The minimum absolute atomic E-state index is 0.954. The summed E-state index contributed by atoms with van der Waals surface area (Å²) in [6, 6.07) is 76.8. The lowest BCUT2D eigenvalue weighted by Gasteiger charge is -2.13. The summed E-state index contributed by atoms with van der Waals surface area (Å²) in [7, 11) is 0. The summed E-state index contributed by atoms with van der Waals surface area (Å²) in [6.45, 7) is 0. The van der Waals surface area contributed by atoms with E-state index >= 15 is 0 Å². The van der Waals surface area contributed by atoms with Crippen LogP contribution >= 0.6 is 0 Å². The third-order valence-electron chi connectivity index (χ3n) is 11.9. The first-order valence-corrected chi connectivity index (χ1v) is 19.9. The van der Waals surface area contributed by atoms with E-state index in [1.54, 1.807) is 0 Å². The van der Waals surface area contributed by atoms with Gasteiger partial charge in [0, 0.05) is 44.0 Å². The van der Waals surface area contributed by atoms with Gasteiger partial charge in [0.2, 0.25) is 0 Å². The van der Waals surface area contributed by atoms with Gasteiger partial charge in [0.25, 0.3) is 0 Å². The molecule has 58 heavy (non-hydrogen) atoms. The Hall–Kier alpha value is -7.75. The summed E-state index contributed by atoms with van der Waals surface area (Å²) in [4.78, 5) is 5.28. The molecular weight excluding hydrogens is 703 g/mol. The summed E-state index contributed by atoms with van der Waals surface area (Å²) in [5, 5.41) is 9.84. The number of nitrogens with zero attached hydrogens (tertiary/aromatic N) is 3. The van der Waals surface area contributed by atoms with E-state index in [-0.39, 0.29) is 0 Å². The maximum atomic E-state index is 5.28. The normalized spacial score (nSPS) is 11.8. The third-order valence-corrected chi connectivity index (χ3v) is 11.9. The van der Waals surface area contributed by atoms with Crippen LogP contribution in [0, 0.1) is 0 Å². The quantitative estimate of drug-likeness (QED) is 0.172. The first-order valence-electron chi connectivity index (χ1n) is 19.9. The van der Waals surface area contributed by atoms with E-state index in [0.29, 0.717) is 0 Å². The largest absolute Gasteiger partial charge is 0.309 e. The molecule has 12 aromatic rings. The van der Waals surface area contributed by atoms with Crippen LogP contribution in [0.1, 0.15) is 0 Å². The highest BCUT2D eigenvalue weighted by Crippen LogP contribution is 2.42. The number of aromatic nitrogens is 3. The van der Waals surface area contributed by atoms with Crippen molar-refractivity contribution in [1.29, 1.82) is 0 Å². The highest BCUT2D eigenvalue weighted by atomic mass is 15.0. The maximum Gasteiger partial charge on any atom is 0.0715 e. The first kappa shape index (κ1) is 32.5. The van der Waals surface area contributed by atoms with Crippen LogP contribution in [0.3, 0.4) is 0 Å². The molecule has 0 saturated heterocycles. The molecule has 12 rings (SSSR count). The van der Waals surface area contributed by atoms with Gasteiger partial charge >= 0.3 is 0 Å². The van der Waals surface area contributed by atoms with E-state index in [1.165, 1.54) is 70.7 Å². The van der Waals surface area contributed by atoms with Crippen LogP contribution in [-0.2, 0) is 0 Å². The van der Waals surface area contributed by atoms with Gasteiger partial charge in [-0.3, -0.25) is 0 Å². The Morgan fingerprint density at radius 2 is 0.948 bits per heavy atom. The minimum atomic E-state index is 0.954. The second-order valence-corrected chi connectivity index (χ2v) is 15.2. The average molecular weight is 738 g/mol. The lowest BCUT2D eigenvalue weighted by Crippen LogP contribution is -1.95. The lowest BCUT2D eigenvalue weighted by atomic mass is 9.95. The van der Waals surface area contributed by atoms with Gasteiger partial charge in [0.15, 0.2) is 0 Å². The second kappa shape index (κ2) is 12.9. The molecule has 0 fully saturated rings. The molecule has 0 amide bonds. The molecule has 0 atom stereocenters. The van der Waals surface area contributed by atoms with E-state index in [4.69, 9.17) is 4.98 Å². The van der Waals surface area contributed by atoms with Crippen molar-refractivity contribution in [3.8, 4) is 45.0 Å². The third kappa shape index (κ3) is 5.04. The van der Waals surface area contributed by atoms with E-state index < -0.39 is 0 Å². The summed E-state index contributed by atoms with van der Waals surface area (Å²) in [5.41, 5.74) is 13.6. The molecule has 0 bridgehead atoms. The van der Waals surface area contributed by atoms with Crippen molar-refractivity contribution in [3.63, 3.8) is 0 Å². The second-order valence-electron chi connectivity index (χ2n) is 15.2. The van der Waals surface area contributed by atoms with E-state index in [2.05, 4.69) is 221 Å². The van der Waals surface area contributed by atoms with E-state index in [1.807, 2.05) is 0 Å². The van der Waals surface area contributed by atoms with Crippen LogP contribution in [-0.4, -0.2) is 14.1 Å². The van der Waals surface area contributed by atoms with Crippen molar-refractivity contribution >= 4 is 65.2 Å². The van der Waals surface area contributed by atoms with Crippen molar-refractivity contribution in [2.24, 2.45) is 0 Å². The molecule has 3 nitrogen and oxygen atoms in total. The molecule has 0 spiro atoms. The van der Waals surface area contributed by atoms with Gasteiger partial charge in [-0.25, -0.2) is 4.98 Å². The van der Waals surface area contributed by atoms with E-state index in [9.17, 15) is 0 Å². The summed E-state index contributed by atoms with van der Waals surface area (Å²) < 4.78 is 4.88. The van der Waals surface area contributed by atoms with Crippen LogP contribution in [0.4, 0.5) is 0 Å². The Bertz CT molecular complexity index is 3550. The Kier molecular flexibility index (Phi) is 7.23. The fourth-order valence-electron chi connectivity index (χ4n) is 9.23. The number of fused-ring (bicyclic) bond motifs is 9. The summed E-state index contributed by atoms with van der Waals surface area (Å²) in [6.07, 6.45) is 0. The summed E-state index contributed by atoms with van der Waals surface area (Å²) >= 11 is 0. The number of pyridine rings is 1. The monoisotopic (exact) mass is 737 g/mol. The highest BCUT2D eigenvalue weighted by Gasteiger charge is 2.21. The SMILES string of the molecule is c1ccc(-c2cc(-c3cccc4ccccc34)cc(-c3ccc4cc(-n5c6ccccc6c6c5ccc5c7ccccc7n(-c7ccccc7)c56)ccc4c3)n2)cc1. The van der Waals surface area contributed by atoms with Crippen LogP contribution in [0.25, 0.3) is 110 Å². The fourth-order valence-corrected chi connectivity index (χ4v) is 9.23. The Morgan fingerprint density at radius 3 is 1.78 bits per heavy atom. The van der Waals surface area contributed by atoms with Gasteiger partial charge in [-0.1, -0.05) is 152 Å². The number of rotatable bonds is 5. The zero-order chi connectivity index (χ0) is 38.2. The molecule has 270 valence electrons. The molecular formula is C55H35N3. The topological polar surface area (TPSA) is 22.8 Å². The predicted octanol–water partition coefficient (Wildman–Crippen LogP) is 14.6. The zero-order valence-corrected chi connectivity index (χ0v) is 31.5. The van der Waals surface area contributed by atoms with Crippen LogP contribution in [0.15, 0.2) is 212 Å². The number of para-hydroxylation sites is 3. The molecule has 0 aliphatic heterocycles. The lowest BCUT2D eigenvalue weighted by molar-refractivity contribution is 1.18. The van der Waals surface area contributed by atoms with Gasteiger partial charge in [-0.2, -0.15) is 0 Å². The first-order chi connectivity index (χ1) is 28.8. The average Bonchev–Trinajstić information content (AvgIpc) is 3.82. The van der Waals surface area contributed by atoms with Crippen molar-refractivity contribution in [1.82, 2.24) is 14.1 Å². The smallest absolute Gasteiger partial charge is 0.0715 e. The fraction of sp³-hybridized carbons (Fsp3) is 0. The van der Waals surface area contributed by atoms with Gasteiger partial charge in [0.1, 0.15) is 0 Å². The molecule has 0 radical (unpaired) electrons. The predicted molar refractivity (Wildman–Crippen MR) is 244 cm³/mol. The number of hydrogen-bond donors (Lipinski definition) is 0. The van der Waals surface area contributed by atoms with Crippen molar-refractivity contribution in [2.75, 3.05) is 0 Å². The number of hydrogen-bond acceptors (Lipinski definition) is 1. The molecule has 0 unspecified atom stereocenters. The van der Waals surface area contributed by atoms with Crippen molar-refractivity contribution in [3.05, 3.63) is 212 Å². The number of benzene rings is 9. The molecule has 9 aromatic carbocycles. The van der Waals surface area contributed by atoms with Crippen LogP contribution < -0.4 is 0 Å². The summed E-state index contributed by atoms with van der Waals surface area (Å²) in [5.74, 6) is 0. The molecule has 0 saturated carbocycles. The van der Waals surface area contributed by atoms with Gasteiger partial charge < -0.3 is 9.13 Å². The molecule has 0 aliphatic rings. The Morgan fingerprint density at radius 1 is 0.310 bits per heavy atom. The van der Waals surface area contributed by atoms with Gasteiger partial charge in [-0.05, 0) is 93.3 Å². The molecule has 3 aromatic heterocycles. The molecule has 3 heteroatoms. The van der Waals surface area contributed by atoms with Gasteiger partial charge in [-0.15, -0.1) is 0 Å². The highest BCUT2D eigenvalue weighted by molar-refractivity contribution is 6.26. The standard InChI is InChI=1S/C55H35N3/c1-3-15-37(16-4-1)49-34-41(45-23-13-17-36-14-7-8-20-44(36)45)35-50(56-49)40-27-26-39-33-43(29-28-38(39)32-40)57-52-25-12-10-22-48(52)54-53(57)31-30-47-46-21-9-11-24-51(46)58(55(47)54)42-18-5-2-6-19-42/h1-35H. The zero-order valence-electron chi connectivity index (χ0n) is 31.5. The Balaban J connectivity index is 1.03. The van der Waals surface area contributed by atoms with Crippen LogP contribution in [0.5, 0.6) is 0 Å². The molecule has 0 N–H and O–H groups in total. The van der Waals surface area contributed by atoms with E-state index in [0.717, 1.165) is 39.5 Å². The van der Waals surface area contributed by atoms with Crippen molar-refractivity contribution < 1.29 is 0 Å². The molecule has 0 aliphatic carbocycles. The minimum Gasteiger partial charge on any atom is -0.309 e. The Labute approximate surface area is 335 Å². The van der Waals surface area contributed by atoms with Gasteiger partial charge in [0.05, 0.1) is 33.5 Å². The van der Waals surface area contributed by atoms with Crippen LogP contribution in [0.2, 0.25) is 0 Å². The molecule has 3 heterocycles.